The number of hydrogen-bond donors (Lipinski definition) is 2. The minimum atomic E-state index is 0.651. The Balaban J connectivity index is 1.81. The summed E-state index contributed by atoms with van der Waals surface area (Å²) in [5.74, 6) is 0.866. The van der Waals surface area contributed by atoms with Gasteiger partial charge < -0.3 is 14.9 Å². The maximum absolute atomic E-state index is 6.22. The minimum Gasteiger partial charge on any atom is -0.350 e. The van der Waals surface area contributed by atoms with Gasteiger partial charge in [0.25, 0.3) is 0 Å². The summed E-state index contributed by atoms with van der Waals surface area (Å²) in [7, 11) is 0. The molecule has 0 aromatic carbocycles. The summed E-state index contributed by atoms with van der Waals surface area (Å²) >= 11 is 6.22. The van der Waals surface area contributed by atoms with Crippen LogP contribution in [0.25, 0.3) is 11.0 Å². The van der Waals surface area contributed by atoms with E-state index in [0.717, 1.165) is 42.1 Å². The smallest absolute Gasteiger partial charge is 0.144 e. The summed E-state index contributed by atoms with van der Waals surface area (Å²) in [4.78, 5) is 21.3. The molecule has 7 heteroatoms. The fourth-order valence-electron chi connectivity index (χ4n) is 2.54. The molecule has 0 saturated heterocycles. The zero-order valence-corrected chi connectivity index (χ0v) is 10.8. The standard InChI is InChI=1S/C12H11ClN6/c13-7-3-14-11-10(7)12(18-6-17-11)19-2-1-8-9(4-19)16-5-15-8/h3,5-6H,1-2,4H2,(H,15,16)(H,14,17,18). The summed E-state index contributed by atoms with van der Waals surface area (Å²) in [6.45, 7) is 1.63. The van der Waals surface area contributed by atoms with Gasteiger partial charge in [0, 0.05) is 24.9 Å². The van der Waals surface area contributed by atoms with Gasteiger partial charge in [-0.1, -0.05) is 11.6 Å². The quantitative estimate of drug-likeness (QED) is 0.711. The monoisotopic (exact) mass is 274 g/mol. The van der Waals surface area contributed by atoms with Crippen LogP contribution < -0.4 is 4.90 Å². The van der Waals surface area contributed by atoms with Crippen LogP contribution in [0.2, 0.25) is 5.02 Å². The first-order valence-electron chi connectivity index (χ1n) is 6.06. The first-order valence-corrected chi connectivity index (χ1v) is 6.44. The Morgan fingerprint density at radius 1 is 1.21 bits per heavy atom. The van der Waals surface area contributed by atoms with Gasteiger partial charge in [0.15, 0.2) is 0 Å². The number of rotatable bonds is 1. The topological polar surface area (TPSA) is 73.5 Å². The number of fused-ring (bicyclic) bond motifs is 2. The lowest BCUT2D eigenvalue weighted by Gasteiger charge is -2.27. The van der Waals surface area contributed by atoms with E-state index < -0.39 is 0 Å². The number of aromatic nitrogens is 5. The molecular formula is C12H11ClN6. The van der Waals surface area contributed by atoms with Crippen LogP contribution in [0.5, 0.6) is 0 Å². The number of nitrogens with one attached hydrogen (secondary N) is 2. The van der Waals surface area contributed by atoms with Gasteiger partial charge in [-0.3, -0.25) is 0 Å². The van der Waals surface area contributed by atoms with Gasteiger partial charge in [0.05, 0.1) is 29.0 Å². The Morgan fingerprint density at radius 2 is 2.16 bits per heavy atom. The normalized spacial score (nSPS) is 14.9. The molecule has 6 nitrogen and oxygen atoms in total. The third-order valence-corrected chi connectivity index (χ3v) is 3.78. The number of halogens is 1. The van der Waals surface area contributed by atoms with Crippen molar-refractivity contribution in [1.82, 2.24) is 24.9 Å². The fraction of sp³-hybridized carbons (Fsp3) is 0.250. The van der Waals surface area contributed by atoms with Crippen molar-refractivity contribution in [1.29, 1.82) is 0 Å². The van der Waals surface area contributed by atoms with Crippen LogP contribution in [-0.2, 0) is 13.0 Å². The van der Waals surface area contributed by atoms with E-state index in [2.05, 4.69) is 29.8 Å². The zero-order valence-electron chi connectivity index (χ0n) is 10.0. The highest BCUT2D eigenvalue weighted by molar-refractivity contribution is 6.36. The average molecular weight is 275 g/mol. The molecule has 0 fully saturated rings. The van der Waals surface area contributed by atoms with E-state index in [1.54, 1.807) is 18.9 Å². The first kappa shape index (κ1) is 10.8. The summed E-state index contributed by atoms with van der Waals surface area (Å²) in [5.41, 5.74) is 3.05. The van der Waals surface area contributed by atoms with Gasteiger partial charge in [-0.15, -0.1) is 0 Å². The molecule has 19 heavy (non-hydrogen) atoms. The molecule has 0 bridgehead atoms. The van der Waals surface area contributed by atoms with E-state index in [4.69, 9.17) is 11.6 Å². The molecule has 0 aliphatic carbocycles. The Bertz CT molecular complexity index is 746. The Kier molecular flexibility index (Phi) is 2.25. The number of nitrogens with zero attached hydrogens (tertiary/aromatic N) is 4. The van der Waals surface area contributed by atoms with E-state index in [0.29, 0.717) is 5.02 Å². The van der Waals surface area contributed by atoms with Crippen molar-refractivity contribution < 1.29 is 0 Å². The van der Waals surface area contributed by atoms with E-state index in [1.165, 1.54) is 5.69 Å². The zero-order chi connectivity index (χ0) is 12.8. The van der Waals surface area contributed by atoms with Crippen molar-refractivity contribution in [2.45, 2.75) is 13.0 Å². The Labute approximate surface area is 113 Å². The van der Waals surface area contributed by atoms with Crippen LogP contribution in [0.4, 0.5) is 5.82 Å². The van der Waals surface area contributed by atoms with E-state index in [9.17, 15) is 0 Å². The highest BCUT2D eigenvalue weighted by atomic mass is 35.5. The number of hydrogen-bond acceptors (Lipinski definition) is 4. The van der Waals surface area contributed by atoms with E-state index in [-0.39, 0.29) is 0 Å². The predicted molar refractivity (Wildman–Crippen MR) is 72.2 cm³/mol. The van der Waals surface area contributed by atoms with Crippen LogP contribution >= 0.6 is 11.6 Å². The number of aromatic amines is 2. The number of H-pyrrole nitrogens is 2. The van der Waals surface area contributed by atoms with Crippen LogP contribution in [0.3, 0.4) is 0 Å². The Morgan fingerprint density at radius 3 is 3.11 bits per heavy atom. The second-order valence-corrected chi connectivity index (χ2v) is 4.96. The molecular weight excluding hydrogens is 264 g/mol. The van der Waals surface area contributed by atoms with Gasteiger partial charge in [-0.05, 0) is 0 Å². The van der Waals surface area contributed by atoms with Crippen molar-refractivity contribution in [3.05, 3.63) is 35.3 Å². The lowest BCUT2D eigenvalue weighted by atomic mass is 10.1. The molecule has 3 aromatic heterocycles. The molecule has 0 spiro atoms. The van der Waals surface area contributed by atoms with Gasteiger partial charge in [-0.25, -0.2) is 15.0 Å². The molecule has 2 N–H and O–H groups in total. The van der Waals surface area contributed by atoms with Crippen LogP contribution in [-0.4, -0.2) is 31.5 Å². The van der Waals surface area contributed by atoms with Crippen molar-refractivity contribution in [3.8, 4) is 0 Å². The molecule has 0 saturated carbocycles. The fourth-order valence-corrected chi connectivity index (χ4v) is 2.77. The molecule has 96 valence electrons. The minimum absolute atomic E-state index is 0.651. The maximum atomic E-state index is 6.22. The molecule has 0 unspecified atom stereocenters. The third kappa shape index (κ3) is 1.60. The first-order chi connectivity index (χ1) is 9.33. The molecule has 1 aliphatic rings. The van der Waals surface area contributed by atoms with Gasteiger partial charge in [0.2, 0.25) is 0 Å². The summed E-state index contributed by atoms with van der Waals surface area (Å²) in [6, 6.07) is 0. The van der Waals surface area contributed by atoms with Gasteiger partial charge >= 0.3 is 0 Å². The van der Waals surface area contributed by atoms with Crippen molar-refractivity contribution >= 4 is 28.5 Å². The van der Waals surface area contributed by atoms with Crippen LogP contribution in [0.1, 0.15) is 11.4 Å². The van der Waals surface area contributed by atoms with Crippen molar-refractivity contribution in [3.63, 3.8) is 0 Å². The summed E-state index contributed by atoms with van der Waals surface area (Å²) < 4.78 is 0. The molecule has 3 aromatic rings. The molecule has 0 radical (unpaired) electrons. The largest absolute Gasteiger partial charge is 0.350 e. The lowest BCUT2D eigenvalue weighted by Crippen LogP contribution is -2.31. The van der Waals surface area contributed by atoms with E-state index >= 15 is 0 Å². The Hall–Kier alpha value is -2.08. The molecule has 4 heterocycles. The van der Waals surface area contributed by atoms with Crippen molar-refractivity contribution in [2.75, 3.05) is 11.4 Å². The summed E-state index contributed by atoms with van der Waals surface area (Å²) in [5, 5.41) is 1.53. The highest BCUT2D eigenvalue weighted by Gasteiger charge is 2.22. The predicted octanol–water partition coefficient (Wildman–Crippen LogP) is 1.90. The molecule has 1 aliphatic heterocycles. The lowest BCUT2D eigenvalue weighted by molar-refractivity contribution is 0.703. The molecule has 4 rings (SSSR count). The summed E-state index contributed by atoms with van der Waals surface area (Å²) in [6.07, 6.45) is 5.98. The highest BCUT2D eigenvalue weighted by Crippen LogP contribution is 2.31. The number of imidazole rings is 1. The van der Waals surface area contributed by atoms with Crippen LogP contribution in [0, 0.1) is 0 Å². The van der Waals surface area contributed by atoms with Gasteiger partial charge in [-0.2, -0.15) is 0 Å². The maximum Gasteiger partial charge on any atom is 0.144 e. The molecule has 0 amide bonds. The van der Waals surface area contributed by atoms with Gasteiger partial charge in [0.1, 0.15) is 17.8 Å². The SMILES string of the molecule is Clc1c[nH]c2ncnc(N3CCc4[nH]cnc4C3)c12. The average Bonchev–Trinajstić information content (AvgIpc) is 3.05. The van der Waals surface area contributed by atoms with E-state index in [1.807, 2.05) is 0 Å². The molecule has 0 atom stereocenters. The van der Waals surface area contributed by atoms with Crippen LogP contribution in [0.15, 0.2) is 18.9 Å². The number of anilines is 1. The second kappa shape index (κ2) is 3.96. The second-order valence-electron chi connectivity index (χ2n) is 4.56. The van der Waals surface area contributed by atoms with Crippen molar-refractivity contribution in [2.24, 2.45) is 0 Å². The third-order valence-electron chi connectivity index (χ3n) is 3.48.